The van der Waals surface area contributed by atoms with Crippen LogP contribution in [-0.2, 0) is 14.0 Å². The SMILES string of the molecule is CC(=O)c1ncc(C(=O)O)cc1Cl.CC(=O)c1ncc(C(=O)OC(C)(C)C)cc1Cl.CC(C)(C)O.O=S(Cl)Cl. The van der Waals surface area contributed by atoms with Crippen molar-refractivity contribution < 1.29 is 38.3 Å². The molecule has 0 aliphatic heterocycles. The van der Waals surface area contributed by atoms with E-state index in [9.17, 15) is 19.2 Å². The van der Waals surface area contributed by atoms with Crippen molar-refractivity contribution in [2.45, 2.75) is 66.6 Å². The molecule has 2 aromatic heterocycles. The molecule has 2 heterocycles. The van der Waals surface area contributed by atoms with Crippen LogP contribution in [0.3, 0.4) is 0 Å². The maximum Gasteiger partial charge on any atom is 0.340 e. The lowest BCUT2D eigenvalue weighted by atomic mass is 10.2. The van der Waals surface area contributed by atoms with Crippen LogP contribution in [0.4, 0.5) is 0 Å². The number of carbonyl (C=O) groups is 4. The van der Waals surface area contributed by atoms with Crippen molar-refractivity contribution in [1.82, 2.24) is 9.97 Å². The number of carboxylic acid groups (broad SMARTS) is 1. The van der Waals surface area contributed by atoms with Crippen molar-refractivity contribution in [3.05, 3.63) is 57.1 Å². The second-order valence-corrected chi connectivity index (χ2v) is 12.7. The van der Waals surface area contributed by atoms with E-state index in [1.54, 1.807) is 41.5 Å². The Morgan fingerprint density at radius 3 is 1.38 bits per heavy atom. The van der Waals surface area contributed by atoms with E-state index in [1.165, 1.54) is 32.2 Å². The van der Waals surface area contributed by atoms with Crippen molar-refractivity contribution in [2.75, 3.05) is 0 Å². The van der Waals surface area contributed by atoms with Gasteiger partial charge in [0.05, 0.1) is 26.8 Å². The predicted molar refractivity (Wildman–Crippen MR) is 152 cm³/mol. The number of aliphatic hydroxyl groups is 1. The van der Waals surface area contributed by atoms with Gasteiger partial charge >= 0.3 is 11.9 Å². The normalized spacial score (nSPS) is 10.5. The van der Waals surface area contributed by atoms with Gasteiger partial charge in [-0.15, -0.1) is 0 Å². The van der Waals surface area contributed by atoms with E-state index in [0.29, 0.717) is 0 Å². The lowest BCUT2D eigenvalue weighted by Gasteiger charge is -2.19. The van der Waals surface area contributed by atoms with Gasteiger partial charge in [-0.25, -0.2) is 13.8 Å². The van der Waals surface area contributed by atoms with E-state index in [-0.39, 0.29) is 44.1 Å². The second-order valence-electron chi connectivity index (χ2n) is 9.38. The molecule has 2 aromatic rings. The van der Waals surface area contributed by atoms with Gasteiger partial charge in [0, 0.05) is 47.6 Å². The summed E-state index contributed by atoms with van der Waals surface area (Å²) in [5.74, 6) is -2.17. The topological polar surface area (TPSA) is 161 Å². The van der Waals surface area contributed by atoms with Gasteiger partial charge in [0.15, 0.2) is 11.6 Å². The number of halogens is 4. The molecule has 2 rings (SSSR count). The van der Waals surface area contributed by atoms with Crippen molar-refractivity contribution in [3.63, 3.8) is 0 Å². The minimum absolute atomic E-state index is 0.0324. The summed E-state index contributed by atoms with van der Waals surface area (Å²) >= 11 is 11.5. The van der Waals surface area contributed by atoms with Crippen LogP contribution in [0.1, 0.15) is 97.1 Å². The van der Waals surface area contributed by atoms with Gasteiger partial charge < -0.3 is 14.9 Å². The molecule has 0 unspecified atom stereocenters. The third-order valence-corrected chi connectivity index (χ3v) is 3.81. The number of ketones is 2. The number of Topliss-reactive ketones (excluding diaryl/α,β-unsaturated/α-hetero) is 2. The Morgan fingerprint density at radius 1 is 0.821 bits per heavy atom. The zero-order valence-corrected chi connectivity index (χ0v) is 26.3. The minimum atomic E-state index is -1.67. The number of ether oxygens (including phenoxy) is 1. The number of pyridine rings is 2. The third kappa shape index (κ3) is 20.4. The number of hydrogen-bond donors (Lipinski definition) is 2. The molecule has 0 amide bonds. The highest BCUT2D eigenvalue weighted by Gasteiger charge is 2.19. The first-order chi connectivity index (χ1) is 17.5. The van der Waals surface area contributed by atoms with Crippen molar-refractivity contribution in [3.8, 4) is 0 Å². The molecule has 0 aliphatic rings. The molecule has 0 fully saturated rings. The molecule has 0 bridgehead atoms. The molecular formula is C24H30Cl4N2O8S. The van der Waals surface area contributed by atoms with Crippen LogP contribution < -0.4 is 0 Å². The van der Waals surface area contributed by atoms with Gasteiger partial charge in [-0.1, -0.05) is 23.2 Å². The minimum Gasteiger partial charge on any atom is -0.478 e. The Balaban J connectivity index is 0. The van der Waals surface area contributed by atoms with Crippen molar-refractivity contribution >= 4 is 77.3 Å². The van der Waals surface area contributed by atoms with Crippen LogP contribution >= 0.6 is 44.6 Å². The average molecular weight is 648 g/mol. The zero-order valence-electron chi connectivity index (χ0n) is 22.5. The van der Waals surface area contributed by atoms with Crippen LogP contribution in [0.25, 0.3) is 0 Å². The largest absolute Gasteiger partial charge is 0.478 e. The lowest BCUT2D eigenvalue weighted by molar-refractivity contribution is 0.00684. The number of nitrogens with zero attached hydrogens (tertiary/aromatic N) is 2. The van der Waals surface area contributed by atoms with Gasteiger partial charge in [0.1, 0.15) is 17.0 Å². The Labute approximate surface area is 248 Å². The van der Waals surface area contributed by atoms with Crippen LogP contribution in [-0.4, -0.2) is 59.1 Å². The van der Waals surface area contributed by atoms with Gasteiger partial charge in [0.2, 0.25) is 9.23 Å². The van der Waals surface area contributed by atoms with E-state index in [0.717, 1.165) is 6.20 Å². The van der Waals surface area contributed by atoms with E-state index >= 15 is 0 Å². The fourth-order valence-corrected chi connectivity index (χ4v) is 2.56. The molecule has 0 spiro atoms. The maximum atomic E-state index is 11.7. The Hall–Kier alpha value is -2.15. The standard InChI is InChI=1S/C12H14ClNO3.C8H6ClNO3.C4H10O.Cl2OS/c1-7(15)10-9(13)5-8(6-14-10)11(16)17-12(2,3)4;1-4(11)7-6(9)2-5(3-10-7)8(12)13;1-4(2,3)5;1-4(2)3/h5-6H,1-4H3;2-3H,1H3,(H,12,13);5H,1-3H3;. The Morgan fingerprint density at radius 2 is 1.13 bits per heavy atom. The molecule has 15 heteroatoms. The number of carbonyl (C=O) groups excluding carboxylic acids is 3. The van der Waals surface area contributed by atoms with E-state index in [2.05, 4.69) is 31.3 Å². The summed E-state index contributed by atoms with van der Waals surface area (Å²) in [5, 5.41) is 17.3. The summed E-state index contributed by atoms with van der Waals surface area (Å²) < 4.78 is 14.2. The van der Waals surface area contributed by atoms with E-state index in [1.807, 2.05) is 0 Å². The second kappa shape index (κ2) is 17.5. The smallest absolute Gasteiger partial charge is 0.340 e. The number of hydrogen-bond acceptors (Lipinski definition) is 9. The van der Waals surface area contributed by atoms with Gasteiger partial charge in [-0.2, -0.15) is 0 Å². The number of aromatic nitrogens is 2. The van der Waals surface area contributed by atoms with E-state index in [4.69, 9.17) is 42.4 Å². The summed E-state index contributed by atoms with van der Waals surface area (Å²) in [7, 11) is 7.36. The molecular weight excluding hydrogens is 618 g/mol. The van der Waals surface area contributed by atoms with Crippen LogP contribution in [0.15, 0.2) is 24.5 Å². The first kappa shape index (κ1) is 39.0. The molecule has 0 aromatic carbocycles. The fraction of sp³-hybridized carbons (Fsp3) is 0.417. The fourth-order valence-electron chi connectivity index (χ4n) is 1.96. The van der Waals surface area contributed by atoms with Gasteiger partial charge in [-0.3, -0.25) is 19.6 Å². The van der Waals surface area contributed by atoms with Gasteiger partial charge in [-0.05, 0) is 53.7 Å². The molecule has 0 saturated heterocycles. The van der Waals surface area contributed by atoms with Crippen molar-refractivity contribution in [2.24, 2.45) is 0 Å². The molecule has 0 aliphatic carbocycles. The van der Waals surface area contributed by atoms with Crippen LogP contribution in [0.5, 0.6) is 0 Å². The zero-order chi connectivity index (χ0) is 31.3. The van der Waals surface area contributed by atoms with Crippen LogP contribution in [0.2, 0.25) is 10.0 Å². The third-order valence-electron chi connectivity index (χ3n) is 3.23. The highest BCUT2D eigenvalue weighted by atomic mass is 36.0. The number of esters is 1. The monoisotopic (exact) mass is 646 g/mol. The number of rotatable bonds is 4. The average Bonchev–Trinajstić information content (AvgIpc) is 2.70. The number of aromatic carboxylic acids is 1. The highest BCUT2D eigenvalue weighted by Crippen LogP contribution is 2.18. The molecule has 0 radical (unpaired) electrons. The van der Waals surface area contributed by atoms with Crippen molar-refractivity contribution in [1.29, 1.82) is 0 Å². The Kier molecular flexibility index (Phi) is 17.5. The van der Waals surface area contributed by atoms with Crippen LogP contribution in [0, 0.1) is 0 Å². The summed E-state index contributed by atoms with van der Waals surface area (Å²) in [6.45, 7) is 13.2. The summed E-state index contributed by atoms with van der Waals surface area (Å²) in [4.78, 5) is 51.6. The Bertz CT molecular complexity index is 1190. The first-order valence-electron chi connectivity index (χ1n) is 10.7. The molecule has 0 atom stereocenters. The van der Waals surface area contributed by atoms with Gasteiger partial charge in [0.25, 0.3) is 0 Å². The highest BCUT2D eigenvalue weighted by molar-refractivity contribution is 8.26. The molecule has 0 saturated carbocycles. The maximum absolute atomic E-state index is 11.7. The molecule has 39 heavy (non-hydrogen) atoms. The number of carboxylic acids is 1. The summed E-state index contributed by atoms with van der Waals surface area (Å²) in [6, 6.07) is 2.59. The molecule has 10 nitrogen and oxygen atoms in total. The summed E-state index contributed by atoms with van der Waals surface area (Å²) in [6.07, 6.45) is 2.39. The molecule has 2 N–H and O–H groups in total. The lowest BCUT2D eigenvalue weighted by Crippen LogP contribution is -2.24. The first-order valence-corrected chi connectivity index (χ1v) is 14.3. The summed E-state index contributed by atoms with van der Waals surface area (Å²) in [5.41, 5.74) is -0.640. The quantitative estimate of drug-likeness (QED) is 0.217. The predicted octanol–water partition coefficient (Wildman–Crippen LogP) is 6.35. The molecule has 218 valence electrons. The van der Waals surface area contributed by atoms with E-state index < -0.39 is 32.4 Å².